The van der Waals surface area contributed by atoms with Crippen molar-refractivity contribution in [2.24, 2.45) is 0 Å². The van der Waals surface area contributed by atoms with E-state index < -0.39 is 6.36 Å². The second kappa shape index (κ2) is 11.8. The molecule has 0 amide bonds. The van der Waals surface area contributed by atoms with Gasteiger partial charge in [0.2, 0.25) is 0 Å². The first-order chi connectivity index (χ1) is 19.3. The summed E-state index contributed by atoms with van der Waals surface area (Å²) in [7, 11) is 0. The monoisotopic (exact) mass is 578 g/mol. The summed E-state index contributed by atoms with van der Waals surface area (Å²) in [5, 5.41) is 11.2. The van der Waals surface area contributed by atoms with Crippen LogP contribution in [0.2, 0.25) is 0 Å². The van der Waals surface area contributed by atoms with E-state index in [-0.39, 0.29) is 5.75 Å². The summed E-state index contributed by atoms with van der Waals surface area (Å²) < 4.78 is 42.5. The maximum atomic E-state index is 12.4. The van der Waals surface area contributed by atoms with Gasteiger partial charge < -0.3 is 15.4 Å². The van der Waals surface area contributed by atoms with Gasteiger partial charge in [-0.1, -0.05) is 18.2 Å². The predicted octanol–water partition coefficient (Wildman–Crippen LogP) is 7.43. The van der Waals surface area contributed by atoms with E-state index in [2.05, 4.69) is 42.6 Å². The summed E-state index contributed by atoms with van der Waals surface area (Å²) in [6, 6.07) is 24.7. The van der Waals surface area contributed by atoms with Crippen molar-refractivity contribution >= 4 is 40.6 Å². The number of nitrogens with zero attached hydrogens (tertiary/aromatic N) is 4. The minimum atomic E-state index is -4.75. The average molecular weight is 579 g/mol. The Bertz CT molecular complexity index is 1620. The minimum Gasteiger partial charge on any atom is -0.406 e. The van der Waals surface area contributed by atoms with Gasteiger partial charge in [0, 0.05) is 27.9 Å². The lowest BCUT2D eigenvalue weighted by atomic mass is 10.1. The van der Waals surface area contributed by atoms with Crippen LogP contribution in [0, 0.1) is 0 Å². The van der Waals surface area contributed by atoms with Gasteiger partial charge in [0.15, 0.2) is 10.9 Å². The molecule has 0 unspecified atom stereocenters. The van der Waals surface area contributed by atoms with Crippen LogP contribution in [-0.4, -0.2) is 37.5 Å². The molecule has 5 aromatic rings. The van der Waals surface area contributed by atoms with E-state index in [9.17, 15) is 13.2 Å². The fraction of sp³-hybridized carbons (Fsp3) is 0.0714. The molecule has 40 heavy (non-hydrogen) atoms. The fourth-order valence-corrected chi connectivity index (χ4v) is 4.71. The highest BCUT2D eigenvalue weighted by Crippen LogP contribution is 2.33. The molecule has 2 aromatic heterocycles. The van der Waals surface area contributed by atoms with E-state index in [1.807, 2.05) is 54.8 Å². The van der Waals surface area contributed by atoms with Gasteiger partial charge >= 0.3 is 6.36 Å². The largest absolute Gasteiger partial charge is 0.573 e. The molecule has 2 heterocycles. The minimum absolute atomic E-state index is 0.309. The van der Waals surface area contributed by atoms with Gasteiger partial charge in [-0.25, -0.2) is 14.6 Å². The Labute approximate surface area is 237 Å². The highest BCUT2D eigenvalue weighted by Gasteiger charge is 2.31. The highest BCUT2D eigenvalue weighted by atomic mass is 32.2. The van der Waals surface area contributed by atoms with Crippen molar-refractivity contribution in [3.63, 3.8) is 0 Å². The Morgan fingerprint density at radius 1 is 0.875 bits per heavy atom. The van der Waals surface area contributed by atoms with Crippen LogP contribution in [0.1, 0.15) is 0 Å². The molecule has 5 rings (SSSR count). The molecule has 0 aliphatic heterocycles. The summed E-state index contributed by atoms with van der Waals surface area (Å²) in [6.45, 7) is 0. The maximum Gasteiger partial charge on any atom is 0.573 e. The highest BCUT2D eigenvalue weighted by molar-refractivity contribution is 7.98. The summed E-state index contributed by atoms with van der Waals surface area (Å²) in [6.07, 6.45) is 0.484. The number of anilines is 2. The number of thiocarbonyl (C=S) groups is 1. The van der Waals surface area contributed by atoms with Crippen LogP contribution in [0.3, 0.4) is 0 Å². The van der Waals surface area contributed by atoms with E-state index in [4.69, 9.17) is 12.2 Å². The van der Waals surface area contributed by atoms with Crippen LogP contribution in [0.25, 0.3) is 28.2 Å². The van der Waals surface area contributed by atoms with E-state index in [0.717, 1.165) is 27.3 Å². The van der Waals surface area contributed by atoms with E-state index in [1.165, 1.54) is 35.3 Å². The molecule has 0 saturated heterocycles. The standard InChI is InChI=1S/C28H21F3N6OS2/c1-40-24-7-3-2-5-22(24)23-6-4-16-32-26(23)35-27(39)34-19-10-8-18(9-11-19)25-33-17-37(36-25)20-12-14-21(15-13-20)38-28(29,30)31/h2-17H,1H3,(H2,32,34,35,39). The smallest absolute Gasteiger partial charge is 0.406 e. The molecule has 0 spiro atoms. The molecule has 3 aromatic carbocycles. The van der Waals surface area contributed by atoms with Crippen molar-refractivity contribution in [2.45, 2.75) is 11.3 Å². The summed E-state index contributed by atoms with van der Waals surface area (Å²) in [5.41, 5.74) is 4.05. The molecule has 0 aliphatic carbocycles. The molecular weight excluding hydrogens is 557 g/mol. The fourth-order valence-electron chi connectivity index (χ4n) is 3.88. The van der Waals surface area contributed by atoms with Crippen molar-refractivity contribution < 1.29 is 17.9 Å². The number of aromatic nitrogens is 4. The van der Waals surface area contributed by atoms with Crippen LogP contribution in [0.5, 0.6) is 5.75 Å². The Balaban J connectivity index is 1.25. The zero-order valence-corrected chi connectivity index (χ0v) is 22.5. The Morgan fingerprint density at radius 3 is 2.33 bits per heavy atom. The zero-order valence-electron chi connectivity index (χ0n) is 20.9. The van der Waals surface area contributed by atoms with E-state index in [0.29, 0.717) is 22.4 Å². The summed E-state index contributed by atoms with van der Waals surface area (Å²) >= 11 is 7.21. The second-order valence-corrected chi connectivity index (χ2v) is 9.57. The number of benzene rings is 3. The average Bonchev–Trinajstić information content (AvgIpc) is 3.44. The number of rotatable bonds is 7. The number of pyridine rings is 1. The first-order valence-electron chi connectivity index (χ1n) is 11.8. The first kappa shape index (κ1) is 27.2. The van der Waals surface area contributed by atoms with Gasteiger partial charge in [0.05, 0.1) is 5.69 Å². The molecule has 202 valence electrons. The number of hydrogen-bond donors (Lipinski definition) is 2. The molecule has 0 aliphatic rings. The van der Waals surface area contributed by atoms with Gasteiger partial charge in [0.25, 0.3) is 0 Å². The lowest BCUT2D eigenvalue weighted by Crippen LogP contribution is -2.20. The SMILES string of the molecule is CSc1ccccc1-c1cccnc1NC(=S)Nc1ccc(-c2ncn(-c3ccc(OC(F)(F)F)cc3)n2)cc1. The van der Waals surface area contributed by atoms with Crippen LogP contribution in [0.4, 0.5) is 24.7 Å². The molecule has 7 nitrogen and oxygen atoms in total. The quantitative estimate of drug-likeness (QED) is 0.153. The van der Waals surface area contributed by atoms with Crippen molar-refractivity contribution in [2.75, 3.05) is 16.9 Å². The lowest BCUT2D eigenvalue weighted by Gasteiger charge is -2.15. The van der Waals surface area contributed by atoms with Crippen LogP contribution >= 0.6 is 24.0 Å². The van der Waals surface area contributed by atoms with E-state index >= 15 is 0 Å². The number of ether oxygens (including phenoxy) is 1. The van der Waals surface area contributed by atoms with Crippen molar-refractivity contribution in [3.05, 3.63) is 97.5 Å². The Kier molecular flexibility index (Phi) is 7.99. The van der Waals surface area contributed by atoms with Gasteiger partial charge in [0.1, 0.15) is 17.9 Å². The Morgan fingerprint density at radius 2 is 1.60 bits per heavy atom. The number of hydrogen-bond acceptors (Lipinski definition) is 6. The maximum absolute atomic E-state index is 12.4. The predicted molar refractivity (Wildman–Crippen MR) is 155 cm³/mol. The number of thioether (sulfide) groups is 1. The summed E-state index contributed by atoms with van der Waals surface area (Å²) in [5.74, 6) is 0.787. The lowest BCUT2D eigenvalue weighted by molar-refractivity contribution is -0.274. The van der Waals surface area contributed by atoms with Gasteiger partial charge in [-0.3, -0.25) is 0 Å². The first-order valence-corrected chi connectivity index (χ1v) is 13.5. The van der Waals surface area contributed by atoms with E-state index in [1.54, 1.807) is 18.0 Å². The van der Waals surface area contributed by atoms with Gasteiger partial charge in [-0.05, 0) is 90.8 Å². The van der Waals surface area contributed by atoms with Crippen LogP contribution < -0.4 is 15.4 Å². The molecule has 0 fully saturated rings. The van der Waals surface area contributed by atoms with Crippen molar-refractivity contribution in [3.8, 4) is 34.0 Å². The van der Waals surface area contributed by atoms with Crippen molar-refractivity contribution in [1.82, 2.24) is 19.7 Å². The normalized spacial score (nSPS) is 11.2. The number of nitrogens with one attached hydrogen (secondary N) is 2. The topological polar surface area (TPSA) is 76.9 Å². The molecule has 12 heteroatoms. The van der Waals surface area contributed by atoms with Crippen LogP contribution in [0.15, 0.2) is 102 Å². The molecule has 0 saturated carbocycles. The molecular formula is C28H21F3N6OS2. The number of halogens is 3. The zero-order chi connectivity index (χ0) is 28.1. The molecule has 0 radical (unpaired) electrons. The summed E-state index contributed by atoms with van der Waals surface area (Å²) in [4.78, 5) is 9.94. The third-order valence-electron chi connectivity index (χ3n) is 5.66. The Hall–Kier alpha value is -4.42. The third kappa shape index (κ3) is 6.58. The van der Waals surface area contributed by atoms with Crippen molar-refractivity contribution in [1.29, 1.82) is 0 Å². The van der Waals surface area contributed by atoms with Crippen LogP contribution in [-0.2, 0) is 0 Å². The number of alkyl halides is 3. The van der Waals surface area contributed by atoms with Gasteiger partial charge in [-0.15, -0.1) is 30.0 Å². The second-order valence-electron chi connectivity index (χ2n) is 8.31. The van der Waals surface area contributed by atoms with Gasteiger partial charge in [-0.2, -0.15) is 0 Å². The molecule has 0 bridgehead atoms. The molecule has 2 N–H and O–H groups in total. The third-order valence-corrected chi connectivity index (χ3v) is 6.66. The molecule has 0 atom stereocenters.